The monoisotopic (exact) mass is 280 g/mol. The van der Waals surface area contributed by atoms with Gasteiger partial charge < -0.3 is 10.6 Å². The van der Waals surface area contributed by atoms with Crippen molar-refractivity contribution in [1.82, 2.24) is 5.32 Å². The second-order valence-corrected chi connectivity index (χ2v) is 5.56. The van der Waals surface area contributed by atoms with Crippen LogP contribution in [-0.4, -0.2) is 6.03 Å². The molecule has 0 unspecified atom stereocenters. The van der Waals surface area contributed by atoms with E-state index in [9.17, 15) is 4.79 Å². The van der Waals surface area contributed by atoms with Gasteiger partial charge in [0.15, 0.2) is 0 Å². The second kappa shape index (κ2) is 6.44. The average Bonchev–Trinajstić information content (AvgIpc) is 3.00. The highest BCUT2D eigenvalue weighted by molar-refractivity contribution is 5.93. The maximum absolute atomic E-state index is 11.8. The standard InChI is InChI=1S/C18H20N2O/c21-18(19-12-11-14-5-1-2-6-14)20-17-10-9-15-7-3-4-8-16(15)13-17/h3-4,7-14H,1-2,5-6H2,(H2,19,20,21)/b12-11+. The highest BCUT2D eigenvalue weighted by atomic mass is 16.2. The number of carbonyl (C=O) groups is 1. The highest BCUT2D eigenvalue weighted by Crippen LogP contribution is 2.25. The van der Waals surface area contributed by atoms with E-state index in [4.69, 9.17) is 0 Å². The Labute approximate surface area is 125 Å². The van der Waals surface area contributed by atoms with E-state index in [0.29, 0.717) is 5.92 Å². The Morgan fingerprint density at radius 3 is 2.62 bits per heavy atom. The number of hydrogen-bond donors (Lipinski definition) is 2. The van der Waals surface area contributed by atoms with E-state index in [2.05, 4.69) is 22.8 Å². The van der Waals surface area contributed by atoms with E-state index in [-0.39, 0.29) is 6.03 Å². The predicted molar refractivity (Wildman–Crippen MR) is 87.2 cm³/mol. The van der Waals surface area contributed by atoms with Crippen molar-refractivity contribution in [2.24, 2.45) is 5.92 Å². The van der Waals surface area contributed by atoms with Crippen molar-refractivity contribution in [1.29, 1.82) is 0 Å². The van der Waals surface area contributed by atoms with Gasteiger partial charge in [-0.25, -0.2) is 4.79 Å². The number of benzene rings is 2. The van der Waals surface area contributed by atoms with Crippen LogP contribution in [0.3, 0.4) is 0 Å². The van der Waals surface area contributed by atoms with Crippen LogP contribution in [0.5, 0.6) is 0 Å². The minimum absolute atomic E-state index is 0.195. The molecule has 2 aromatic carbocycles. The second-order valence-electron chi connectivity index (χ2n) is 5.56. The van der Waals surface area contributed by atoms with Gasteiger partial charge in [0.1, 0.15) is 0 Å². The Kier molecular flexibility index (Phi) is 4.20. The first kappa shape index (κ1) is 13.7. The van der Waals surface area contributed by atoms with Crippen molar-refractivity contribution in [3.05, 3.63) is 54.7 Å². The van der Waals surface area contributed by atoms with Gasteiger partial charge in [-0.1, -0.05) is 49.2 Å². The van der Waals surface area contributed by atoms with Gasteiger partial charge in [-0.15, -0.1) is 0 Å². The molecule has 0 atom stereocenters. The molecule has 0 radical (unpaired) electrons. The van der Waals surface area contributed by atoms with Gasteiger partial charge in [0.25, 0.3) is 0 Å². The summed E-state index contributed by atoms with van der Waals surface area (Å²) < 4.78 is 0. The van der Waals surface area contributed by atoms with Crippen molar-refractivity contribution < 1.29 is 4.79 Å². The summed E-state index contributed by atoms with van der Waals surface area (Å²) in [6.07, 6.45) is 8.96. The van der Waals surface area contributed by atoms with Crippen LogP contribution in [0.15, 0.2) is 54.7 Å². The summed E-state index contributed by atoms with van der Waals surface area (Å²) in [6.45, 7) is 0. The number of fused-ring (bicyclic) bond motifs is 1. The fourth-order valence-corrected chi connectivity index (χ4v) is 2.84. The Morgan fingerprint density at radius 1 is 1.05 bits per heavy atom. The molecule has 0 aliphatic heterocycles. The quantitative estimate of drug-likeness (QED) is 0.843. The minimum Gasteiger partial charge on any atom is -0.315 e. The molecule has 1 aliphatic carbocycles. The highest BCUT2D eigenvalue weighted by Gasteiger charge is 2.11. The van der Waals surface area contributed by atoms with E-state index in [1.54, 1.807) is 6.20 Å². The largest absolute Gasteiger partial charge is 0.323 e. The molecule has 1 fully saturated rings. The van der Waals surface area contributed by atoms with Crippen LogP contribution in [-0.2, 0) is 0 Å². The van der Waals surface area contributed by atoms with Gasteiger partial charge in [-0.2, -0.15) is 0 Å². The number of urea groups is 1. The van der Waals surface area contributed by atoms with Crippen molar-refractivity contribution >= 4 is 22.5 Å². The average molecular weight is 280 g/mol. The van der Waals surface area contributed by atoms with Gasteiger partial charge >= 0.3 is 6.03 Å². The van der Waals surface area contributed by atoms with Crippen LogP contribution in [0.4, 0.5) is 10.5 Å². The molecule has 0 spiro atoms. The third-order valence-corrected chi connectivity index (χ3v) is 3.99. The molecule has 2 aromatic rings. The Hall–Kier alpha value is -2.29. The van der Waals surface area contributed by atoms with E-state index in [0.717, 1.165) is 11.1 Å². The van der Waals surface area contributed by atoms with E-state index >= 15 is 0 Å². The molecule has 0 saturated heterocycles. The first-order chi connectivity index (χ1) is 10.3. The van der Waals surface area contributed by atoms with E-state index < -0.39 is 0 Å². The molecule has 0 aromatic heterocycles. The normalized spacial score (nSPS) is 15.6. The minimum atomic E-state index is -0.195. The maximum atomic E-state index is 11.8. The third-order valence-electron chi connectivity index (χ3n) is 3.99. The maximum Gasteiger partial charge on any atom is 0.323 e. The summed E-state index contributed by atoms with van der Waals surface area (Å²) in [5, 5.41) is 7.93. The molecular formula is C18H20N2O. The Bertz CT molecular complexity index is 657. The molecule has 2 amide bonds. The summed E-state index contributed by atoms with van der Waals surface area (Å²) in [5.41, 5.74) is 0.806. The lowest BCUT2D eigenvalue weighted by Gasteiger charge is -2.06. The fourth-order valence-electron chi connectivity index (χ4n) is 2.84. The SMILES string of the molecule is O=C(N/C=C/C1CCCC1)Nc1ccc2ccccc2c1. The molecule has 2 N–H and O–H groups in total. The molecule has 0 bridgehead atoms. The number of rotatable bonds is 3. The van der Waals surface area contributed by atoms with Crippen LogP contribution in [0, 0.1) is 5.92 Å². The van der Waals surface area contributed by atoms with Gasteiger partial charge in [0.2, 0.25) is 0 Å². The number of nitrogens with one attached hydrogen (secondary N) is 2. The first-order valence-corrected chi connectivity index (χ1v) is 7.54. The molecule has 108 valence electrons. The lowest BCUT2D eigenvalue weighted by molar-refractivity contribution is 0.255. The van der Waals surface area contributed by atoms with Gasteiger partial charge in [0, 0.05) is 11.9 Å². The molecule has 1 aliphatic rings. The van der Waals surface area contributed by atoms with Crippen LogP contribution >= 0.6 is 0 Å². The molecule has 3 heteroatoms. The van der Waals surface area contributed by atoms with E-state index in [1.807, 2.05) is 36.4 Å². The topological polar surface area (TPSA) is 41.1 Å². The fraction of sp³-hybridized carbons (Fsp3) is 0.278. The molecular weight excluding hydrogens is 260 g/mol. The number of anilines is 1. The molecule has 3 nitrogen and oxygen atoms in total. The van der Waals surface area contributed by atoms with Crippen molar-refractivity contribution in [3.63, 3.8) is 0 Å². The molecule has 1 saturated carbocycles. The van der Waals surface area contributed by atoms with Crippen LogP contribution in [0.1, 0.15) is 25.7 Å². The Morgan fingerprint density at radius 2 is 1.81 bits per heavy atom. The van der Waals surface area contributed by atoms with Crippen LogP contribution in [0.25, 0.3) is 10.8 Å². The lowest BCUT2D eigenvalue weighted by atomic mass is 10.1. The van der Waals surface area contributed by atoms with Crippen molar-refractivity contribution in [2.45, 2.75) is 25.7 Å². The zero-order chi connectivity index (χ0) is 14.5. The smallest absolute Gasteiger partial charge is 0.315 e. The summed E-state index contributed by atoms with van der Waals surface area (Å²) in [5.74, 6) is 0.631. The zero-order valence-corrected chi connectivity index (χ0v) is 12.0. The zero-order valence-electron chi connectivity index (χ0n) is 12.0. The predicted octanol–water partition coefficient (Wildman–Crippen LogP) is 4.67. The molecule has 21 heavy (non-hydrogen) atoms. The molecule has 3 rings (SSSR count). The summed E-state index contributed by atoms with van der Waals surface area (Å²) in [4.78, 5) is 11.8. The number of hydrogen-bond acceptors (Lipinski definition) is 1. The summed E-state index contributed by atoms with van der Waals surface area (Å²) >= 11 is 0. The van der Waals surface area contributed by atoms with Crippen LogP contribution in [0.2, 0.25) is 0 Å². The number of carbonyl (C=O) groups excluding carboxylic acids is 1. The third kappa shape index (κ3) is 3.63. The number of allylic oxidation sites excluding steroid dienone is 1. The van der Waals surface area contributed by atoms with Gasteiger partial charge in [0.05, 0.1) is 0 Å². The lowest BCUT2D eigenvalue weighted by Crippen LogP contribution is -2.23. The molecule has 0 heterocycles. The van der Waals surface area contributed by atoms with Gasteiger partial charge in [-0.3, -0.25) is 0 Å². The van der Waals surface area contributed by atoms with Gasteiger partial charge in [-0.05, 0) is 41.7 Å². The van der Waals surface area contributed by atoms with Crippen molar-refractivity contribution in [3.8, 4) is 0 Å². The van der Waals surface area contributed by atoms with Crippen LogP contribution < -0.4 is 10.6 Å². The summed E-state index contributed by atoms with van der Waals surface area (Å²) in [7, 11) is 0. The van der Waals surface area contributed by atoms with E-state index in [1.165, 1.54) is 31.1 Å². The van der Waals surface area contributed by atoms with Crippen molar-refractivity contribution in [2.75, 3.05) is 5.32 Å². The summed E-state index contributed by atoms with van der Waals surface area (Å²) in [6, 6.07) is 13.8. The Balaban J connectivity index is 1.57. The number of amides is 2. The first-order valence-electron chi connectivity index (χ1n) is 7.54.